The normalized spacial score (nSPS) is 17.8. The van der Waals surface area contributed by atoms with Gasteiger partial charge in [0.05, 0.1) is 18.2 Å². The Bertz CT molecular complexity index is 728. The number of esters is 1. The van der Waals surface area contributed by atoms with Crippen molar-refractivity contribution < 1.29 is 9.53 Å². The lowest BCUT2D eigenvalue weighted by Crippen LogP contribution is -2.40. The predicted molar refractivity (Wildman–Crippen MR) is 90.2 cm³/mol. The topological polar surface area (TPSA) is 73.1 Å². The van der Waals surface area contributed by atoms with Crippen molar-refractivity contribution in [1.82, 2.24) is 19.7 Å². The SMILES string of the molecule is CCOC(=O)[C@H]1CCCN(c2nccc(-n3nc(C)cc3C)n2)C1. The Kier molecular flexibility index (Phi) is 4.78. The molecule has 0 N–H and O–H groups in total. The van der Waals surface area contributed by atoms with Gasteiger partial charge in [0, 0.05) is 31.0 Å². The van der Waals surface area contributed by atoms with Gasteiger partial charge in [-0.15, -0.1) is 0 Å². The minimum absolute atomic E-state index is 0.111. The van der Waals surface area contributed by atoms with Gasteiger partial charge in [0.15, 0.2) is 5.82 Å². The third-order valence-electron chi connectivity index (χ3n) is 4.18. The van der Waals surface area contributed by atoms with Crippen LogP contribution in [0.1, 0.15) is 31.2 Å². The van der Waals surface area contributed by atoms with Crippen LogP contribution in [0, 0.1) is 19.8 Å². The van der Waals surface area contributed by atoms with E-state index in [1.807, 2.05) is 37.6 Å². The molecule has 0 radical (unpaired) electrons. The average molecular weight is 329 g/mol. The summed E-state index contributed by atoms with van der Waals surface area (Å²) < 4.78 is 6.97. The van der Waals surface area contributed by atoms with Crippen LogP contribution in [0.25, 0.3) is 5.82 Å². The average Bonchev–Trinajstić information content (AvgIpc) is 2.94. The van der Waals surface area contributed by atoms with Crippen molar-refractivity contribution in [2.75, 3.05) is 24.6 Å². The molecule has 0 aliphatic carbocycles. The van der Waals surface area contributed by atoms with Crippen LogP contribution in [-0.2, 0) is 9.53 Å². The van der Waals surface area contributed by atoms with E-state index in [9.17, 15) is 4.79 Å². The first-order valence-corrected chi connectivity index (χ1v) is 8.36. The number of carbonyl (C=O) groups is 1. The van der Waals surface area contributed by atoms with Crippen molar-refractivity contribution in [2.24, 2.45) is 5.92 Å². The van der Waals surface area contributed by atoms with Crippen LogP contribution < -0.4 is 4.90 Å². The smallest absolute Gasteiger partial charge is 0.310 e. The molecule has 1 fully saturated rings. The minimum Gasteiger partial charge on any atom is -0.466 e. The fourth-order valence-corrected chi connectivity index (χ4v) is 3.08. The van der Waals surface area contributed by atoms with Gasteiger partial charge in [-0.2, -0.15) is 10.1 Å². The lowest BCUT2D eigenvalue weighted by molar-refractivity contribution is -0.148. The molecule has 7 heteroatoms. The Morgan fingerprint density at radius 2 is 2.25 bits per heavy atom. The first kappa shape index (κ1) is 16.4. The van der Waals surface area contributed by atoms with Gasteiger partial charge in [-0.25, -0.2) is 9.67 Å². The van der Waals surface area contributed by atoms with E-state index >= 15 is 0 Å². The lowest BCUT2D eigenvalue weighted by atomic mass is 9.98. The molecular formula is C17H23N5O2. The molecule has 0 saturated carbocycles. The molecule has 0 aromatic carbocycles. The van der Waals surface area contributed by atoms with Gasteiger partial charge >= 0.3 is 5.97 Å². The molecule has 128 valence electrons. The highest BCUT2D eigenvalue weighted by Gasteiger charge is 2.28. The molecule has 0 unspecified atom stereocenters. The molecule has 2 aromatic rings. The Morgan fingerprint density at radius 3 is 2.96 bits per heavy atom. The maximum absolute atomic E-state index is 12.0. The van der Waals surface area contributed by atoms with Crippen molar-refractivity contribution in [3.63, 3.8) is 0 Å². The van der Waals surface area contributed by atoms with Gasteiger partial charge < -0.3 is 9.64 Å². The third kappa shape index (κ3) is 3.39. The Labute approximate surface area is 141 Å². The number of rotatable bonds is 4. The highest BCUT2D eigenvalue weighted by Crippen LogP contribution is 2.22. The molecule has 0 spiro atoms. The number of carbonyl (C=O) groups excluding carboxylic acids is 1. The number of ether oxygens (including phenoxy) is 1. The molecule has 1 aliphatic heterocycles. The lowest BCUT2D eigenvalue weighted by Gasteiger charge is -2.31. The Hall–Kier alpha value is -2.44. The van der Waals surface area contributed by atoms with Gasteiger partial charge in [-0.3, -0.25) is 4.79 Å². The highest BCUT2D eigenvalue weighted by molar-refractivity contribution is 5.73. The molecule has 2 aromatic heterocycles. The first-order chi connectivity index (χ1) is 11.6. The maximum atomic E-state index is 12.0. The zero-order valence-corrected chi connectivity index (χ0v) is 14.4. The Balaban J connectivity index is 1.81. The Morgan fingerprint density at radius 1 is 1.42 bits per heavy atom. The molecule has 3 rings (SSSR count). The van der Waals surface area contributed by atoms with Crippen molar-refractivity contribution in [1.29, 1.82) is 0 Å². The minimum atomic E-state index is -0.128. The summed E-state index contributed by atoms with van der Waals surface area (Å²) in [5.41, 5.74) is 1.98. The molecule has 1 atom stereocenters. The maximum Gasteiger partial charge on any atom is 0.310 e. The van der Waals surface area contributed by atoms with Crippen LogP contribution >= 0.6 is 0 Å². The van der Waals surface area contributed by atoms with E-state index < -0.39 is 0 Å². The number of anilines is 1. The van der Waals surface area contributed by atoms with Gasteiger partial charge in [-0.05, 0) is 39.7 Å². The van der Waals surface area contributed by atoms with E-state index in [0.717, 1.165) is 36.6 Å². The van der Waals surface area contributed by atoms with Crippen molar-refractivity contribution >= 4 is 11.9 Å². The summed E-state index contributed by atoms with van der Waals surface area (Å²) in [6.07, 6.45) is 3.52. The molecule has 1 saturated heterocycles. The van der Waals surface area contributed by atoms with Crippen molar-refractivity contribution in [3.05, 3.63) is 29.7 Å². The number of aryl methyl sites for hydroxylation is 2. The van der Waals surface area contributed by atoms with Gasteiger partial charge in [0.25, 0.3) is 0 Å². The number of aromatic nitrogens is 4. The van der Waals surface area contributed by atoms with Crippen LogP contribution in [0.4, 0.5) is 5.95 Å². The predicted octanol–water partition coefficient (Wildman–Crippen LogP) is 2.06. The first-order valence-electron chi connectivity index (χ1n) is 8.36. The second kappa shape index (κ2) is 6.98. The zero-order chi connectivity index (χ0) is 17.1. The summed E-state index contributed by atoms with van der Waals surface area (Å²) in [7, 11) is 0. The van der Waals surface area contributed by atoms with Crippen LogP contribution in [0.15, 0.2) is 18.3 Å². The fourth-order valence-electron chi connectivity index (χ4n) is 3.08. The van der Waals surface area contributed by atoms with E-state index in [4.69, 9.17) is 4.74 Å². The largest absolute Gasteiger partial charge is 0.466 e. The number of nitrogens with zero attached hydrogens (tertiary/aromatic N) is 5. The highest BCUT2D eigenvalue weighted by atomic mass is 16.5. The van der Waals surface area contributed by atoms with Crippen LogP contribution in [0.5, 0.6) is 0 Å². The third-order valence-corrected chi connectivity index (χ3v) is 4.18. The van der Waals surface area contributed by atoms with E-state index in [0.29, 0.717) is 19.1 Å². The quantitative estimate of drug-likeness (QED) is 0.800. The number of piperidine rings is 1. The van der Waals surface area contributed by atoms with Gasteiger partial charge in [0.2, 0.25) is 5.95 Å². The van der Waals surface area contributed by atoms with Crippen LogP contribution in [0.3, 0.4) is 0 Å². The second-order valence-electron chi connectivity index (χ2n) is 6.09. The van der Waals surface area contributed by atoms with E-state index in [1.165, 1.54) is 0 Å². The van der Waals surface area contributed by atoms with Crippen LogP contribution in [0.2, 0.25) is 0 Å². The monoisotopic (exact) mass is 329 g/mol. The summed E-state index contributed by atoms with van der Waals surface area (Å²) in [4.78, 5) is 23.1. The van der Waals surface area contributed by atoms with Crippen LogP contribution in [-0.4, -0.2) is 45.4 Å². The summed E-state index contributed by atoms with van der Waals surface area (Å²) in [5, 5.41) is 4.47. The molecule has 0 bridgehead atoms. The molecule has 1 aliphatic rings. The molecule has 24 heavy (non-hydrogen) atoms. The number of hydrogen-bond acceptors (Lipinski definition) is 6. The second-order valence-corrected chi connectivity index (χ2v) is 6.09. The van der Waals surface area contributed by atoms with Crippen molar-refractivity contribution in [3.8, 4) is 5.82 Å². The standard InChI is InChI=1S/C17H23N5O2/c1-4-24-16(23)14-6-5-9-21(11-14)17-18-8-7-15(19-17)22-13(3)10-12(2)20-22/h7-8,10,14H,4-6,9,11H2,1-3H3/t14-/m0/s1. The van der Waals surface area contributed by atoms with E-state index in [-0.39, 0.29) is 11.9 Å². The summed E-state index contributed by atoms with van der Waals surface area (Å²) >= 11 is 0. The summed E-state index contributed by atoms with van der Waals surface area (Å²) in [6.45, 7) is 7.65. The molecule has 3 heterocycles. The molecule has 7 nitrogen and oxygen atoms in total. The zero-order valence-electron chi connectivity index (χ0n) is 14.4. The summed E-state index contributed by atoms with van der Waals surface area (Å²) in [5.74, 6) is 1.13. The van der Waals surface area contributed by atoms with E-state index in [2.05, 4.69) is 20.0 Å². The van der Waals surface area contributed by atoms with E-state index in [1.54, 1.807) is 6.20 Å². The number of hydrogen-bond donors (Lipinski definition) is 0. The summed E-state index contributed by atoms with van der Waals surface area (Å²) in [6, 6.07) is 3.86. The van der Waals surface area contributed by atoms with Gasteiger partial charge in [0.1, 0.15) is 0 Å². The van der Waals surface area contributed by atoms with Gasteiger partial charge in [-0.1, -0.05) is 0 Å². The molecule has 0 amide bonds. The van der Waals surface area contributed by atoms with Crippen molar-refractivity contribution in [2.45, 2.75) is 33.6 Å². The fraction of sp³-hybridized carbons (Fsp3) is 0.529. The molecular weight excluding hydrogens is 306 g/mol.